The Kier molecular flexibility index (Phi) is 9.21. The molecule has 30 heavy (non-hydrogen) atoms. The van der Waals surface area contributed by atoms with Crippen LogP contribution in [0.3, 0.4) is 0 Å². The van der Waals surface area contributed by atoms with Crippen LogP contribution in [0, 0.1) is 36.5 Å². The van der Waals surface area contributed by atoms with Crippen LogP contribution in [0.4, 0.5) is 0 Å². The van der Waals surface area contributed by atoms with Crippen molar-refractivity contribution in [3.63, 3.8) is 0 Å². The summed E-state index contributed by atoms with van der Waals surface area (Å²) in [6.45, 7) is 7.14. The van der Waals surface area contributed by atoms with E-state index in [9.17, 15) is 14.4 Å². The Bertz CT molecular complexity index is 1100. The van der Waals surface area contributed by atoms with E-state index in [4.69, 9.17) is 31.6 Å². The van der Waals surface area contributed by atoms with Crippen molar-refractivity contribution >= 4 is 23.5 Å². The molecule has 0 saturated heterocycles. The summed E-state index contributed by atoms with van der Waals surface area (Å²) in [6.07, 6.45) is 0. The molecule has 0 aliphatic heterocycles. The third-order valence-electron chi connectivity index (χ3n) is 3.64. The molecule has 0 bridgehead atoms. The molecule has 2 rings (SSSR count). The maximum absolute atomic E-state index is 11.4. The monoisotopic (exact) mass is 430 g/mol. The van der Waals surface area contributed by atoms with Crippen LogP contribution >= 0.6 is 11.6 Å². The van der Waals surface area contributed by atoms with Crippen molar-refractivity contribution in [2.45, 2.75) is 27.7 Å². The number of ether oxygens (including phenoxy) is 2. The minimum atomic E-state index is -0.539. The first-order valence-electron chi connectivity index (χ1n) is 8.75. The average molecular weight is 431 g/mol. The first-order chi connectivity index (χ1) is 14.2. The minimum Gasteiger partial charge on any atom is -0.462 e. The number of hydrogen-bond donors (Lipinski definition) is 1. The lowest BCUT2D eigenvalue weighted by molar-refractivity contribution is 0.0515. The lowest BCUT2D eigenvalue weighted by atomic mass is 10.1. The van der Waals surface area contributed by atoms with Gasteiger partial charge in [0.25, 0.3) is 5.56 Å². The van der Waals surface area contributed by atoms with Gasteiger partial charge in [0.2, 0.25) is 0 Å². The number of aromatic nitrogens is 2. The molecular weight excluding hydrogens is 412 g/mol. The van der Waals surface area contributed by atoms with Crippen LogP contribution in [0.5, 0.6) is 0 Å². The minimum absolute atomic E-state index is 0.0938. The Balaban J connectivity index is 0.000000300. The summed E-state index contributed by atoms with van der Waals surface area (Å²) in [5.74, 6) is -1.03. The lowest BCUT2D eigenvalue weighted by Crippen LogP contribution is -2.17. The average Bonchev–Trinajstić information content (AvgIpc) is 2.69. The van der Waals surface area contributed by atoms with E-state index in [0.717, 1.165) is 0 Å². The van der Waals surface area contributed by atoms with Crippen LogP contribution in [-0.2, 0) is 9.47 Å². The van der Waals surface area contributed by atoms with E-state index < -0.39 is 17.5 Å². The molecule has 0 spiro atoms. The number of carbonyl (C=O) groups is 2. The SMILES string of the molecule is CCOC(=O)c1cc(C#N)c(=O)[nH]c1C.CCOC(=O)c1cc(C#N)c(Cl)nc1C. The number of halogens is 1. The number of aryl methyl sites for hydroxylation is 2. The molecule has 2 aromatic heterocycles. The highest BCUT2D eigenvalue weighted by Gasteiger charge is 2.15. The van der Waals surface area contributed by atoms with Crippen molar-refractivity contribution in [3.05, 3.63) is 61.3 Å². The molecule has 156 valence electrons. The number of esters is 2. The Morgan fingerprint density at radius 1 is 1.03 bits per heavy atom. The maximum Gasteiger partial charge on any atom is 0.340 e. The van der Waals surface area contributed by atoms with Crippen molar-refractivity contribution in [2.24, 2.45) is 0 Å². The molecule has 0 fully saturated rings. The molecule has 0 atom stereocenters. The summed E-state index contributed by atoms with van der Waals surface area (Å²) < 4.78 is 9.59. The number of pyridine rings is 2. The van der Waals surface area contributed by atoms with Crippen LogP contribution in [0.1, 0.15) is 57.1 Å². The third-order valence-corrected chi connectivity index (χ3v) is 3.92. The Hall–Kier alpha value is -3.69. The first-order valence-corrected chi connectivity index (χ1v) is 9.13. The van der Waals surface area contributed by atoms with Gasteiger partial charge < -0.3 is 14.5 Å². The van der Waals surface area contributed by atoms with E-state index in [1.54, 1.807) is 33.8 Å². The molecule has 9 nitrogen and oxygen atoms in total. The second kappa shape index (κ2) is 11.3. The Morgan fingerprint density at radius 2 is 1.53 bits per heavy atom. The fourth-order valence-electron chi connectivity index (χ4n) is 2.20. The van der Waals surface area contributed by atoms with Gasteiger partial charge in [-0.05, 0) is 39.8 Å². The van der Waals surface area contributed by atoms with E-state index >= 15 is 0 Å². The zero-order valence-electron chi connectivity index (χ0n) is 16.8. The highest BCUT2D eigenvalue weighted by atomic mass is 35.5. The van der Waals surface area contributed by atoms with Gasteiger partial charge in [0, 0.05) is 5.69 Å². The normalized spacial score (nSPS) is 9.43. The van der Waals surface area contributed by atoms with Gasteiger partial charge in [-0.2, -0.15) is 10.5 Å². The van der Waals surface area contributed by atoms with E-state index in [1.165, 1.54) is 12.1 Å². The van der Waals surface area contributed by atoms with Crippen LogP contribution in [-0.4, -0.2) is 35.1 Å². The van der Waals surface area contributed by atoms with Crippen molar-refractivity contribution in [1.82, 2.24) is 9.97 Å². The summed E-state index contributed by atoms with van der Waals surface area (Å²) in [5, 5.41) is 17.4. The second-order valence-corrected chi connectivity index (χ2v) is 6.03. The van der Waals surface area contributed by atoms with Gasteiger partial charge >= 0.3 is 11.9 Å². The van der Waals surface area contributed by atoms with Crippen molar-refractivity contribution in [2.75, 3.05) is 13.2 Å². The summed E-state index contributed by atoms with van der Waals surface area (Å²) in [4.78, 5) is 40.3. The highest BCUT2D eigenvalue weighted by Crippen LogP contribution is 2.17. The maximum atomic E-state index is 11.4. The molecule has 0 aliphatic carbocycles. The first kappa shape index (κ1) is 24.3. The smallest absolute Gasteiger partial charge is 0.340 e. The predicted octanol–water partition coefficient (Wildman–Crippen LogP) is 2.82. The summed E-state index contributed by atoms with van der Waals surface area (Å²) in [5.41, 5.74) is 0.928. The van der Waals surface area contributed by atoms with E-state index in [0.29, 0.717) is 11.4 Å². The second-order valence-electron chi connectivity index (χ2n) is 5.68. The molecule has 0 unspecified atom stereocenters. The molecule has 10 heteroatoms. The van der Waals surface area contributed by atoms with Crippen molar-refractivity contribution < 1.29 is 19.1 Å². The standard InChI is InChI=1S/C10H9ClN2O2.C10H10N2O3/c1-3-15-10(14)8-4-7(5-12)9(11)13-6(8)2;1-3-15-10(14)8-4-7(5-11)9(13)12-6(8)2/h4H,3H2,1-2H3;4H,3H2,1-2H3,(H,12,13). The molecule has 0 amide bonds. The van der Waals surface area contributed by atoms with Gasteiger partial charge in [-0.15, -0.1) is 0 Å². The van der Waals surface area contributed by atoms with Gasteiger partial charge in [0.05, 0.1) is 35.6 Å². The van der Waals surface area contributed by atoms with Crippen LogP contribution in [0.15, 0.2) is 16.9 Å². The third kappa shape index (κ3) is 6.16. The predicted molar refractivity (Wildman–Crippen MR) is 107 cm³/mol. The largest absolute Gasteiger partial charge is 0.462 e. The molecule has 2 heterocycles. The number of nitrogens with one attached hydrogen (secondary N) is 1. The number of nitrogens with zero attached hydrogens (tertiary/aromatic N) is 3. The molecule has 0 saturated carbocycles. The number of H-pyrrole nitrogens is 1. The lowest BCUT2D eigenvalue weighted by Gasteiger charge is -2.05. The summed E-state index contributed by atoms with van der Waals surface area (Å²) in [6, 6.07) is 6.20. The zero-order valence-corrected chi connectivity index (χ0v) is 17.6. The highest BCUT2D eigenvalue weighted by molar-refractivity contribution is 6.30. The molecule has 0 radical (unpaired) electrons. The molecular formula is C20H19ClN4O5. The Morgan fingerprint density at radius 3 is 2.03 bits per heavy atom. The van der Waals surface area contributed by atoms with Crippen LogP contribution in [0.25, 0.3) is 0 Å². The number of aromatic amines is 1. The number of hydrogen-bond acceptors (Lipinski definition) is 8. The zero-order chi connectivity index (χ0) is 22.8. The summed E-state index contributed by atoms with van der Waals surface area (Å²) >= 11 is 5.70. The Labute approximate surface area is 177 Å². The number of nitriles is 2. The topological polar surface area (TPSA) is 146 Å². The van der Waals surface area contributed by atoms with E-state index in [-0.39, 0.29) is 40.6 Å². The number of rotatable bonds is 4. The molecule has 0 aromatic carbocycles. The summed E-state index contributed by atoms with van der Waals surface area (Å²) in [7, 11) is 0. The van der Waals surface area contributed by atoms with Gasteiger partial charge in [0.1, 0.15) is 22.9 Å². The van der Waals surface area contributed by atoms with E-state index in [1.807, 2.05) is 6.07 Å². The van der Waals surface area contributed by atoms with Gasteiger partial charge in [-0.25, -0.2) is 14.6 Å². The van der Waals surface area contributed by atoms with E-state index in [2.05, 4.69) is 9.97 Å². The van der Waals surface area contributed by atoms with Crippen molar-refractivity contribution in [1.29, 1.82) is 10.5 Å². The van der Waals surface area contributed by atoms with Gasteiger partial charge in [0.15, 0.2) is 0 Å². The van der Waals surface area contributed by atoms with Crippen LogP contribution in [0.2, 0.25) is 5.15 Å². The molecule has 2 aromatic rings. The van der Waals surface area contributed by atoms with Crippen molar-refractivity contribution in [3.8, 4) is 12.1 Å². The van der Waals surface area contributed by atoms with Gasteiger partial charge in [-0.1, -0.05) is 11.6 Å². The fraction of sp³-hybridized carbons (Fsp3) is 0.300. The quantitative estimate of drug-likeness (QED) is 0.575. The van der Waals surface area contributed by atoms with Gasteiger partial charge in [-0.3, -0.25) is 4.79 Å². The number of carbonyl (C=O) groups excluding carboxylic acids is 2. The van der Waals surface area contributed by atoms with Crippen LogP contribution < -0.4 is 5.56 Å². The molecule has 1 N–H and O–H groups in total. The molecule has 0 aliphatic rings. The fourth-order valence-corrected chi connectivity index (χ4v) is 2.42.